The van der Waals surface area contributed by atoms with Gasteiger partial charge >= 0.3 is 5.97 Å². The van der Waals surface area contributed by atoms with Crippen molar-refractivity contribution in [1.82, 2.24) is 0 Å². The number of rotatable bonds is 4. The molecule has 0 bridgehead atoms. The third-order valence-corrected chi connectivity index (χ3v) is 3.79. The van der Waals surface area contributed by atoms with Crippen LogP contribution in [0.1, 0.15) is 60.0 Å². The normalized spacial score (nSPS) is 15.5. The summed E-state index contributed by atoms with van der Waals surface area (Å²) in [7, 11) is 0. The lowest BCUT2D eigenvalue weighted by Crippen LogP contribution is -2.18. The summed E-state index contributed by atoms with van der Waals surface area (Å²) in [5, 5.41) is 0. The summed E-state index contributed by atoms with van der Waals surface area (Å²) in [6, 6.07) is 5.89. The maximum atomic E-state index is 12.0. The molecule has 102 valence electrons. The molecule has 19 heavy (non-hydrogen) atoms. The molecular formula is C16H20O3. The number of ketones is 1. The Labute approximate surface area is 114 Å². The maximum absolute atomic E-state index is 12.0. The van der Waals surface area contributed by atoms with Gasteiger partial charge in [0.15, 0.2) is 0 Å². The van der Waals surface area contributed by atoms with Crippen molar-refractivity contribution in [2.75, 3.05) is 6.61 Å². The molecule has 3 nitrogen and oxygen atoms in total. The number of benzene rings is 1. The fourth-order valence-electron chi connectivity index (χ4n) is 2.70. The molecule has 0 aliphatic heterocycles. The molecule has 0 radical (unpaired) electrons. The summed E-state index contributed by atoms with van der Waals surface area (Å²) in [5.74, 6) is -0.747. The first kappa shape index (κ1) is 13.8. The van der Waals surface area contributed by atoms with Gasteiger partial charge in [0, 0.05) is 5.56 Å². The maximum Gasteiger partial charge on any atom is 0.379 e. The Morgan fingerprint density at radius 3 is 2.58 bits per heavy atom. The third kappa shape index (κ3) is 3.03. The molecule has 1 aromatic rings. The first-order valence-corrected chi connectivity index (χ1v) is 6.95. The van der Waals surface area contributed by atoms with Crippen LogP contribution in [-0.2, 0) is 9.53 Å². The fraction of sp³-hybridized carbons (Fsp3) is 0.500. The predicted octanol–water partition coefficient (Wildman–Crippen LogP) is 3.40. The van der Waals surface area contributed by atoms with Gasteiger partial charge in [0.25, 0.3) is 5.78 Å². The van der Waals surface area contributed by atoms with Crippen LogP contribution in [-0.4, -0.2) is 18.4 Å². The second-order valence-electron chi connectivity index (χ2n) is 5.11. The smallest absolute Gasteiger partial charge is 0.379 e. The van der Waals surface area contributed by atoms with Crippen LogP contribution in [0.4, 0.5) is 0 Å². The fourth-order valence-corrected chi connectivity index (χ4v) is 2.70. The first-order chi connectivity index (χ1) is 9.13. The first-order valence-electron chi connectivity index (χ1n) is 6.95. The van der Waals surface area contributed by atoms with E-state index >= 15 is 0 Å². The van der Waals surface area contributed by atoms with Gasteiger partial charge < -0.3 is 4.74 Å². The number of ether oxygens (including phenoxy) is 1. The summed E-state index contributed by atoms with van der Waals surface area (Å²) in [4.78, 5) is 23.6. The van der Waals surface area contributed by atoms with Crippen LogP contribution in [0, 0.1) is 6.92 Å². The zero-order chi connectivity index (χ0) is 13.8. The van der Waals surface area contributed by atoms with Crippen LogP contribution in [0.2, 0.25) is 0 Å². The minimum Gasteiger partial charge on any atom is -0.460 e. The monoisotopic (exact) mass is 260 g/mol. The van der Waals surface area contributed by atoms with Crippen molar-refractivity contribution in [1.29, 1.82) is 0 Å². The number of esters is 1. The molecule has 0 unspecified atom stereocenters. The SMILES string of the molecule is CCOC(=O)C(=O)c1cc(C2CCCC2)ccc1C. The second-order valence-corrected chi connectivity index (χ2v) is 5.11. The van der Waals surface area contributed by atoms with Crippen LogP contribution in [0.25, 0.3) is 0 Å². The Kier molecular flexibility index (Phi) is 4.35. The molecule has 0 spiro atoms. The van der Waals surface area contributed by atoms with Crippen molar-refractivity contribution >= 4 is 11.8 Å². The van der Waals surface area contributed by atoms with Crippen LogP contribution in [0.15, 0.2) is 18.2 Å². The third-order valence-electron chi connectivity index (χ3n) is 3.79. The van der Waals surface area contributed by atoms with E-state index in [-0.39, 0.29) is 6.61 Å². The van der Waals surface area contributed by atoms with E-state index in [1.807, 2.05) is 19.1 Å². The minimum atomic E-state index is -0.755. The van der Waals surface area contributed by atoms with Gasteiger partial charge in [-0.1, -0.05) is 25.0 Å². The molecule has 1 aliphatic carbocycles. The molecule has 3 heteroatoms. The molecule has 0 N–H and O–H groups in total. The minimum absolute atomic E-state index is 0.228. The molecule has 2 rings (SSSR count). The van der Waals surface area contributed by atoms with E-state index in [1.165, 1.54) is 31.2 Å². The molecule has 1 saturated carbocycles. The van der Waals surface area contributed by atoms with Gasteiger partial charge in [0.05, 0.1) is 6.61 Å². The Bertz CT molecular complexity index is 485. The van der Waals surface area contributed by atoms with Crippen molar-refractivity contribution in [3.05, 3.63) is 34.9 Å². The Balaban J connectivity index is 2.26. The van der Waals surface area contributed by atoms with Gasteiger partial charge in [-0.3, -0.25) is 4.79 Å². The standard InChI is InChI=1S/C16H20O3/c1-3-19-16(18)15(17)14-10-13(9-8-11(14)2)12-6-4-5-7-12/h8-10,12H,3-7H2,1-2H3. The molecule has 0 atom stereocenters. The Hall–Kier alpha value is -1.64. The number of Topliss-reactive ketones (excluding diaryl/α,β-unsaturated/α-hetero) is 1. The van der Waals surface area contributed by atoms with E-state index in [2.05, 4.69) is 6.07 Å². The van der Waals surface area contributed by atoms with E-state index < -0.39 is 11.8 Å². The second kappa shape index (κ2) is 6.00. The van der Waals surface area contributed by atoms with Crippen LogP contribution >= 0.6 is 0 Å². The van der Waals surface area contributed by atoms with E-state index in [4.69, 9.17) is 4.74 Å². The summed E-state index contributed by atoms with van der Waals surface area (Å²) in [6.45, 7) is 3.78. The number of carbonyl (C=O) groups excluding carboxylic acids is 2. The van der Waals surface area contributed by atoms with Crippen molar-refractivity contribution in [3.8, 4) is 0 Å². The van der Waals surface area contributed by atoms with E-state index in [0.717, 1.165) is 5.56 Å². The zero-order valence-electron chi connectivity index (χ0n) is 11.6. The van der Waals surface area contributed by atoms with Crippen LogP contribution in [0.3, 0.4) is 0 Å². The van der Waals surface area contributed by atoms with Crippen molar-refractivity contribution in [2.24, 2.45) is 0 Å². The Morgan fingerprint density at radius 2 is 1.95 bits per heavy atom. The lowest BCUT2D eigenvalue weighted by Gasteiger charge is -2.12. The van der Waals surface area contributed by atoms with Crippen LogP contribution in [0.5, 0.6) is 0 Å². The lowest BCUT2D eigenvalue weighted by molar-refractivity contribution is -0.137. The lowest BCUT2D eigenvalue weighted by atomic mass is 9.93. The summed E-state index contributed by atoms with van der Waals surface area (Å²) < 4.78 is 4.79. The van der Waals surface area contributed by atoms with Gasteiger partial charge in [-0.2, -0.15) is 0 Å². The molecule has 1 aromatic carbocycles. The molecule has 0 heterocycles. The number of carbonyl (C=O) groups is 2. The molecule has 1 aliphatic rings. The summed E-state index contributed by atoms with van der Waals surface area (Å²) >= 11 is 0. The van der Waals surface area contributed by atoms with Crippen LogP contribution < -0.4 is 0 Å². The predicted molar refractivity (Wildman–Crippen MR) is 73.4 cm³/mol. The number of aryl methyl sites for hydroxylation is 1. The zero-order valence-corrected chi connectivity index (χ0v) is 11.6. The highest BCUT2D eigenvalue weighted by atomic mass is 16.5. The number of hydrogen-bond donors (Lipinski definition) is 0. The summed E-state index contributed by atoms with van der Waals surface area (Å²) in [5.41, 5.74) is 2.50. The highest BCUT2D eigenvalue weighted by Gasteiger charge is 2.22. The quantitative estimate of drug-likeness (QED) is 0.473. The van der Waals surface area contributed by atoms with Gasteiger partial charge in [0.1, 0.15) is 0 Å². The van der Waals surface area contributed by atoms with Gasteiger partial charge in [-0.25, -0.2) is 4.79 Å². The number of hydrogen-bond acceptors (Lipinski definition) is 3. The van der Waals surface area contributed by atoms with E-state index in [0.29, 0.717) is 11.5 Å². The van der Waals surface area contributed by atoms with Gasteiger partial charge in [0.2, 0.25) is 0 Å². The topological polar surface area (TPSA) is 43.4 Å². The van der Waals surface area contributed by atoms with Gasteiger partial charge in [-0.05, 0) is 49.8 Å². The average Bonchev–Trinajstić information content (AvgIpc) is 2.93. The van der Waals surface area contributed by atoms with Crippen molar-refractivity contribution in [2.45, 2.75) is 45.4 Å². The van der Waals surface area contributed by atoms with Crippen molar-refractivity contribution in [3.63, 3.8) is 0 Å². The van der Waals surface area contributed by atoms with E-state index in [9.17, 15) is 9.59 Å². The Morgan fingerprint density at radius 1 is 1.26 bits per heavy atom. The summed E-state index contributed by atoms with van der Waals surface area (Å²) in [6.07, 6.45) is 4.85. The molecule has 1 fully saturated rings. The average molecular weight is 260 g/mol. The largest absolute Gasteiger partial charge is 0.460 e. The highest BCUT2D eigenvalue weighted by molar-refractivity contribution is 6.41. The molecule has 0 aromatic heterocycles. The molecule has 0 amide bonds. The highest BCUT2D eigenvalue weighted by Crippen LogP contribution is 2.34. The van der Waals surface area contributed by atoms with Crippen molar-refractivity contribution < 1.29 is 14.3 Å². The molecule has 0 saturated heterocycles. The van der Waals surface area contributed by atoms with Gasteiger partial charge in [-0.15, -0.1) is 0 Å². The molecular weight excluding hydrogens is 240 g/mol. The van der Waals surface area contributed by atoms with E-state index in [1.54, 1.807) is 6.92 Å².